The van der Waals surface area contributed by atoms with Gasteiger partial charge in [0.25, 0.3) is 5.91 Å². The van der Waals surface area contributed by atoms with Crippen LogP contribution in [0.2, 0.25) is 0 Å². The van der Waals surface area contributed by atoms with E-state index in [1.165, 1.54) is 9.47 Å². The van der Waals surface area contributed by atoms with E-state index in [1.54, 1.807) is 13.1 Å². The highest BCUT2D eigenvalue weighted by Crippen LogP contribution is 2.36. The summed E-state index contributed by atoms with van der Waals surface area (Å²) >= 11 is 0. The normalized spacial score (nSPS) is 14.5. The number of ether oxygens (including phenoxy) is 1. The number of carbonyl (C=O) groups excluding carboxylic acids is 2. The summed E-state index contributed by atoms with van der Waals surface area (Å²) in [6.07, 6.45) is -3.17. The number of piperidine rings is 1. The summed E-state index contributed by atoms with van der Waals surface area (Å²) in [6.45, 7) is 0.473. The minimum Gasteiger partial charge on any atom is -0.481 e. The molecule has 1 aromatic carbocycles. The molecule has 3 heterocycles. The quantitative estimate of drug-likeness (QED) is 0.409. The van der Waals surface area contributed by atoms with E-state index in [0.29, 0.717) is 49.4 Å². The molecule has 0 saturated carbocycles. The van der Waals surface area contributed by atoms with Gasteiger partial charge in [-0.1, -0.05) is 25.1 Å². The van der Waals surface area contributed by atoms with Crippen LogP contribution in [0.3, 0.4) is 0 Å². The molecule has 0 spiro atoms. The first kappa shape index (κ1) is 27.2. The van der Waals surface area contributed by atoms with E-state index in [9.17, 15) is 22.8 Å². The zero-order chi connectivity index (χ0) is 27.4. The van der Waals surface area contributed by atoms with Gasteiger partial charge in [-0.3, -0.25) is 9.59 Å². The molecule has 0 bridgehead atoms. The summed E-state index contributed by atoms with van der Waals surface area (Å²) in [6, 6.07) is 10.7. The van der Waals surface area contributed by atoms with Crippen molar-refractivity contribution >= 4 is 34.2 Å². The minimum absolute atomic E-state index is 0.0653. The third-order valence-corrected chi connectivity index (χ3v) is 6.50. The van der Waals surface area contributed by atoms with Crippen LogP contribution in [0, 0.1) is 0 Å². The number of hydrogen-bond acceptors (Lipinski definition) is 6. The lowest BCUT2D eigenvalue weighted by Gasteiger charge is -2.32. The first-order valence-electron chi connectivity index (χ1n) is 12.3. The van der Waals surface area contributed by atoms with Crippen molar-refractivity contribution in [2.75, 3.05) is 31.6 Å². The number of aliphatic hydroxyl groups excluding tert-OH is 1. The zero-order valence-corrected chi connectivity index (χ0v) is 21.1. The molecule has 38 heavy (non-hydrogen) atoms. The van der Waals surface area contributed by atoms with Crippen LogP contribution in [-0.2, 0) is 18.3 Å². The average Bonchev–Trinajstić information content (AvgIpc) is 3.17. The van der Waals surface area contributed by atoms with Gasteiger partial charge in [0.05, 0.1) is 16.8 Å². The van der Waals surface area contributed by atoms with Gasteiger partial charge in [0, 0.05) is 31.9 Å². The monoisotopic (exact) mass is 533 g/mol. The number of likely N-dealkylation sites (tertiary alicyclic amines) is 1. The van der Waals surface area contributed by atoms with Crippen LogP contribution in [0.25, 0.3) is 11.0 Å². The topological polar surface area (TPSA) is 109 Å². The number of rotatable bonds is 8. The Morgan fingerprint density at radius 2 is 1.87 bits per heavy atom. The van der Waals surface area contributed by atoms with E-state index in [2.05, 4.69) is 15.6 Å². The largest absolute Gasteiger partial charge is 0.481 e. The van der Waals surface area contributed by atoms with Crippen LogP contribution in [0.5, 0.6) is 5.75 Å². The number of carbonyl (C=O) groups is 2. The number of anilines is 2. The number of pyridine rings is 1. The number of amides is 2. The SMILES string of the molecule is CCc1nc2c(cc1Nc1ccccc1)c(OCC(F)(F)F)c(C(=O)NC1CCN(C(=O)CO)CC1)n2C. The molecule has 2 aromatic heterocycles. The van der Waals surface area contributed by atoms with Gasteiger partial charge in [0.15, 0.2) is 18.1 Å². The zero-order valence-electron chi connectivity index (χ0n) is 21.1. The van der Waals surface area contributed by atoms with Crippen molar-refractivity contribution in [3.8, 4) is 5.75 Å². The minimum atomic E-state index is -4.61. The molecule has 2 amide bonds. The van der Waals surface area contributed by atoms with Crippen LogP contribution in [0.4, 0.5) is 24.5 Å². The Labute approximate surface area is 217 Å². The highest BCUT2D eigenvalue weighted by Gasteiger charge is 2.33. The molecule has 9 nitrogen and oxygen atoms in total. The average molecular weight is 534 g/mol. The van der Waals surface area contributed by atoms with E-state index in [1.807, 2.05) is 37.3 Å². The van der Waals surface area contributed by atoms with Gasteiger partial charge in [0.2, 0.25) is 5.91 Å². The maximum absolute atomic E-state index is 13.4. The number of fused-ring (bicyclic) bond motifs is 1. The Hall–Kier alpha value is -3.80. The molecule has 3 N–H and O–H groups in total. The number of nitrogens with zero attached hydrogens (tertiary/aromatic N) is 3. The standard InChI is InChI=1S/C26H30F3N5O4/c1-3-19-20(30-16-7-5-4-6-8-16)13-18-23(38-15-26(27,28)29)22(33(2)24(18)32-19)25(37)31-17-9-11-34(12-10-17)21(36)14-35/h4-8,13,17,30,35H,3,9-12,14-15H2,1-2H3,(H,31,37). The third-order valence-electron chi connectivity index (χ3n) is 6.50. The number of nitrogens with one attached hydrogen (secondary N) is 2. The molecule has 3 aromatic rings. The number of para-hydroxylation sites is 1. The van der Waals surface area contributed by atoms with Gasteiger partial charge in [-0.05, 0) is 37.5 Å². The molecule has 0 atom stereocenters. The molecule has 1 fully saturated rings. The molecule has 1 saturated heterocycles. The van der Waals surface area contributed by atoms with E-state index < -0.39 is 25.3 Å². The second-order valence-corrected chi connectivity index (χ2v) is 9.13. The van der Waals surface area contributed by atoms with Crippen molar-refractivity contribution in [1.82, 2.24) is 19.8 Å². The maximum atomic E-state index is 13.4. The Morgan fingerprint density at radius 1 is 1.18 bits per heavy atom. The van der Waals surface area contributed by atoms with E-state index >= 15 is 0 Å². The molecule has 0 radical (unpaired) electrons. The Kier molecular flexibility index (Phi) is 8.10. The van der Waals surface area contributed by atoms with Gasteiger partial charge < -0.3 is 29.9 Å². The lowest BCUT2D eigenvalue weighted by atomic mass is 10.0. The molecule has 204 valence electrons. The number of aryl methyl sites for hydroxylation is 2. The van der Waals surface area contributed by atoms with Crippen molar-refractivity contribution in [3.05, 3.63) is 47.8 Å². The number of aromatic nitrogens is 2. The first-order valence-corrected chi connectivity index (χ1v) is 12.3. The highest BCUT2D eigenvalue weighted by molar-refractivity contribution is 6.04. The molecule has 0 aliphatic carbocycles. The number of halogens is 3. The van der Waals surface area contributed by atoms with Gasteiger partial charge in [0.1, 0.15) is 12.3 Å². The van der Waals surface area contributed by atoms with Gasteiger partial charge in [-0.15, -0.1) is 0 Å². The number of benzene rings is 1. The molecule has 0 unspecified atom stereocenters. The van der Waals surface area contributed by atoms with Crippen molar-refractivity contribution in [3.63, 3.8) is 0 Å². The molecular weight excluding hydrogens is 503 g/mol. The molecule has 1 aliphatic rings. The van der Waals surface area contributed by atoms with Crippen LogP contribution >= 0.6 is 0 Å². The van der Waals surface area contributed by atoms with Gasteiger partial charge in [-0.2, -0.15) is 13.2 Å². The van der Waals surface area contributed by atoms with Crippen molar-refractivity contribution in [2.24, 2.45) is 7.05 Å². The highest BCUT2D eigenvalue weighted by atomic mass is 19.4. The first-order chi connectivity index (χ1) is 18.1. The lowest BCUT2D eigenvalue weighted by molar-refractivity contribution is -0.153. The summed E-state index contributed by atoms with van der Waals surface area (Å²) < 4.78 is 46.2. The smallest absolute Gasteiger partial charge is 0.422 e. The molecular formula is C26H30F3N5O4. The van der Waals surface area contributed by atoms with Crippen LogP contribution < -0.4 is 15.4 Å². The van der Waals surface area contributed by atoms with Crippen LogP contribution in [0.15, 0.2) is 36.4 Å². The predicted molar refractivity (Wildman–Crippen MR) is 136 cm³/mol. The third kappa shape index (κ3) is 6.01. The summed E-state index contributed by atoms with van der Waals surface area (Å²) in [7, 11) is 1.57. The molecule has 1 aliphatic heterocycles. The Balaban J connectivity index is 1.69. The second-order valence-electron chi connectivity index (χ2n) is 9.13. The number of aliphatic hydroxyl groups is 1. The summed E-state index contributed by atoms with van der Waals surface area (Å²) in [5, 5.41) is 15.5. The Bertz CT molecular complexity index is 1300. The second kappa shape index (κ2) is 11.3. The van der Waals surface area contributed by atoms with Crippen molar-refractivity contribution in [2.45, 2.75) is 38.4 Å². The molecule has 4 rings (SSSR count). The fourth-order valence-electron chi connectivity index (χ4n) is 4.59. The van der Waals surface area contributed by atoms with Crippen LogP contribution in [0.1, 0.15) is 35.9 Å². The van der Waals surface area contributed by atoms with E-state index in [0.717, 1.165) is 5.69 Å². The number of alkyl halides is 3. The van der Waals surface area contributed by atoms with E-state index in [4.69, 9.17) is 9.84 Å². The molecule has 12 heteroatoms. The Morgan fingerprint density at radius 3 is 2.47 bits per heavy atom. The number of hydrogen-bond donors (Lipinski definition) is 3. The predicted octanol–water partition coefficient (Wildman–Crippen LogP) is 3.53. The van der Waals surface area contributed by atoms with Crippen molar-refractivity contribution in [1.29, 1.82) is 0 Å². The van der Waals surface area contributed by atoms with E-state index in [-0.39, 0.29) is 28.8 Å². The summed E-state index contributed by atoms with van der Waals surface area (Å²) in [4.78, 5) is 31.3. The fourth-order valence-corrected chi connectivity index (χ4v) is 4.59. The fraction of sp³-hybridized carbons (Fsp3) is 0.423. The van der Waals surface area contributed by atoms with Gasteiger partial charge >= 0.3 is 6.18 Å². The maximum Gasteiger partial charge on any atom is 0.422 e. The summed E-state index contributed by atoms with van der Waals surface area (Å²) in [5.41, 5.74) is 2.32. The van der Waals surface area contributed by atoms with Gasteiger partial charge in [-0.25, -0.2) is 4.98 Å². The lowest BCUT2D eigenvalue weighted by Crippen LogP contribution is -2.47. The van der Waals surface area contributed by atoms with Crippen molar-refractivity contribution < 1.29 is 32.6 Å². The van der Waals surface area contributed by atoms with Crippen LogP contribution in [-0.4, -0.2) is 69.9 Å². The summed E-state index contributed by atoms with van der Waals surface area (Å²) in [5.74, 6) is -1.18.